The minimum absolute atomic E-state index is 0.393. The summed E-state index contributed by atoms with van der Waals surface area (Å²) in [4.78, 5) is 2.45. The molecule has 3 nitrogen and oxygen atoms in total. The van der Waals surface area contributed by atoms with E-state index in [1.165, 1.54) is 15.7 Å². The average molecular weight is 341 g/mol. The van der Waals surface area contributed by atoms with Crippen LogP contribution in [0.1, 0.15) is 38.3 Å². The lowest BCUT2D eigenvalue weighted by Crippen LogP contribution is -2.36. The minimum atomic E-state index is 0.393. The highest BCUT2D eigenvalue weighted by Gasteiger charge is 2.20. The molecule has 0 radical (unpaired) electrons. The van der Waals surface area contributed by atoms with Crippen molar-refractivity contribution >= 4 is 21.6 Å². The molecule has 1 aromatic carbocycles. The second kappa shape index (κ2) is 7.43. The number of anilines is 1. The zero-order valence-electron chi connectivity index (χ0n) is 12.7. The first-order valence-corrected chi connectivity index (χ1v) is 8.25. The molecule has 1 unspecified atom stereocenters. The Bertz CT molecular complexity index is 430. The van der Waals surface area contributed by atoms with Crippen LogP contribution in [0.3, 0.4) is 0 Å². The average Bonchev–Trinajstić information content (AvgIpc) is 2.47. The number of ether oxygens (including phenoxy) is 1. The monoisotopic (exact) mass is 340 g/mol. The van der Waals surface area contributed by atoms with Gasteiger partial charge in [0.15, 0.2) is 0 Å². The lowest BCUT2D eigenvalue weighted by atomic mass is 10.0. The molecule has 0 amide bonds. The second-order valence-corrected chi connectivity index (χ2v) is 6.27. The molecule has 20 heavy (non-hydrogen) atoms. The summed E-state index contributed by atoms with van der Waals surface area (Å²) in [5.41, 5.74) is 2.63. The summed E-state index contributed by atoms with van der Waals surface area (Å²) in [5, 5.41) is 3.45. The molecule has 1 N–H and O–H groups in total. The van der Waals surface area contributed by atoms with E-state index in [-0.39, 0.29) is 0 Å². The van der Waals surface area contributed by atoms with Gasteiger partial charge >= 0.3 is 0 Å². The fourth-order valence-electron chi connectivity index (χ4n) is 2.81. The lowest BCUT2D eigenvalue weighted by Gasteiger charge is -2.33. The Labute approximate surface area is 130 Å². The van der Waals surface area contributed by atoms with Crippen molar-refractivity contribution in [2.45, 2.75) is 38.8 Å². The smallest absolute Gasteiger partial charge is 0.0605 e. The fourth-order valence-corrected chi connectivity index (χ4v) is 3.45. The van der Waals surface area contributed by atoms with Crippen molar-refractivity contribution in [3.8, 4) is 0 Å². The van der Waals surface area contributed by atoms with E-state index in [2.05, 4.69) is 58.2 Å². The molecule has 2 rings (SSSR count). The number of benzene rings is 1. The first kappa shape index (κ1) is 15.8. The third kappa shape index (κ3) is 3.74. The summed E-state index contributed by atoms with van der Waals surface area (Å²) >= 11 is 3.73. The van der Waals surface area contributed by atoms with Crippen LogP contribution in [-0.4, -0.2) is 32.8 Å². The molecule has 1 aromatic rings. The molecule has 1 saturated heterocycles. The van der Waals surface area contributed by atoms with Crippen molar-refractivity contribution in [2.75, 3.05) is 31.6 Å². The van der Waals surface area contributed by atoms with E-state index in [0.717, 1.165) is 32.5 Å². The van der Waals surface area contributed by atoms with Crippen molar-refractivity contribution in [3.05, 3.63) is 28.2 Å². The molecule has 0 spiro atoms. The Morgan fingerprint density at radius 1 is 1.40 bits per heavy atom. The van der Waals surface area contributed by atoms with E-state index in [9.17, 15) is 0 Å². The van der Waals surface area contributed by atoms with Crippen LogP contribution in [0.4, 0.5) is 5.69 Å². The topological polar surface area (TPSA) is 24.5 Å². The Kier molecular flexibility index (Phi) is 5.87. The quantitative estimate of drug-likeness (QED) is 0.883. The second-order valence-electron chi connectivity index (χ2n) is 5.41. The van der Waals surface area contributed by atoms with Gasteiger partial charge in [0.2, 0.25) is 0 Å². The maximum absolute atomic E-state index is 5.44. The van der Waals surface area contributed by atoms with Gasteiger partial charge in [-0.25, -0.2) is 0 Å². The summed E-state index contributed by atoms with van der Waals surface area (Å²) in [5.74, 6) is 0. The highest BCUT2D eigenvalue weighted by Crippen LogP contribution is 2.31. The molecule has 1 atom stereocenters. The Balaban J connectivity index is 2.06. The minimum Gasteiger partial charge on any atom is -0.381 e. The highest BCUT2D eigenvalue weighted by molar-refractivity contribution is 9.10. The number of piperidine rings is 1. The van der Waals surface area contributed by atoms with Crippen LogP contribution in [0.25, 0.3) is 0 Å². The third-order valence-electron chi connectivity index (χ3n) is 4.10. The fraction of sp³-hybridized carbons (Fsp3) is 0.625. The van der Waals surface area contributed by atoms with Gasteiger partial charge in [-0.2, -0.15) is 0 Å². The molecule has 0 bridgehead atoms. The maximum Gasteiger partial charge on any atom is 0.0605 e. The Morgan fingerprint density at radius 2 is 2.10 bits per heavy atom. The molecule has 112 valence electrons. The van der Waals surface area contributed by atoms with Crippen molar-refractivity contribution in [1.29, 1.82) is 0 Å². The van der Waals surface area contributed by atoms with Gasteiger partial charge in [0.05, 0.1) is 11.8 Å². The standard InChI is InChI=1S/C16H25BrN2O/c1-4-18-12(2)13-5-6-16(15(17)11-13)19-9-7-14(20-3)8-10-19/h5-6,11-12,14,18H,4,7-10H2,1-3H3. The lowest BCUT2D eigenvalue weighted by molar-refractivity contribution is 0.0819. The number of methoxy groups -OCH3 is 1. The predicted octanol–water partition coefficient (Wildman–Crippen LogP) is 3.73. The molecule has 0 aromatic heterocycles. The van der Waals surface area contributed by atoms with E-state index < -0.39 is 0 Å². The van der Waals surface area contributed by atoms with Crippen LogP contribution in [0, 0.1) is 0 Å². The Hall–Kier alpha value is -0.580. The van der Waals surface area contributed by atoms with Crippen LogP contribution in [-0.2, 0) is 4.74 Å². The molecular formula is C16H25BrN2O. The van der Waals surface area contributed by atoms with Gasteiger partial charge in [0, 0.05) is 30.7 Å². The Morgan fingerprint density at radius 3 is 2.65 bits per heavy atom. The molecule has 1 heterocycles. The van der Waals surface area contributed by atoms with E-state index >= 15 is 0 Å². The summed E-state index contributed by atoms with van der Waals surface area (Å²) in [7, 11) is 1.81. The predicted molar refractivity (Wildman–Crippen MR) is 88.5 cm³/mol. The number of nitrogens with zero attached hydrogens (tertiary/aromatic N) is 1. The molecule has 1 aliphatic rings. The van der Waals surface area contributed by atoms with Crippen molar-refractivity contribution in [2.24, 2.45) is 0 Å². The zero-order valence-corrected chi connectivity index (χ0v) is 14.2. The number of hydrogen-bond donors (Lipinski definition) is 1. The third-order valence-corrected chi connectivity index (χ3v) is 4.73. The number of rotatable bonds is 5. The molecule has 1 fully saturated rings. The maximum atomic E-state index is 5.44. The molecule has 0 aliphatic carbocycles. The van der Waals surface area contributed by atoms with Gasteiger partial charge in [-0.05, 0) is 59.9 Å². The van der Waals surface area contributed by atoms with E-state index in [0.29, 0.717) is 12.1 Å². The highest BCUT2D eigenvalue weighted by atomic mass is 79.9. The SMILES string of the molecule is CCNC(C)c1ccc(N2CCC(OC)CC2)c(Br)c1. The van der Waals surface area contributed by atoms with Gasteiger partial charge in [-0.15, -0.1) is 0 Å². The molecule has 1 aliphatic heterocycles. The number of halogens is 1. The van der Waals surface area contributed by atoms with Crippen LogP contribution in [0.2, 0.25) is 0 Å². The van der Waals surface area contributed by atoms with Crippen molar-refractivity contribution in [3.63, 3.8) is 0 Å². The first-order valence-electron chi connectivity index (χ1n) is 7.46. The summed E-state index contributed by atoms with van der Waals surface area (Å²) in [6, 6.07) is 7.10. The normalized spacial score (nSPS) is 18.3. The van der Waals surface area contributed by atoms with Gasteiger partial charge in [0.1, 0.15) is 0 Å². The number of hydrogen-bond acceptors (Lipinski definition) is 3. The van der Waals surface area contributed by atoms with E-state index in [4.69, 9.17) is 4.74 Å². The zero-order chi connectivity index (χ0) is 14.5. The van der Waals surface area contributed by atoms with Crippen LogP contribution >= 0.6 is 15.9 Å². The van der Waals surface area contributed by atoms with Crippen LogP contribution in [0.5, 0.6) is 0 Å². The van der Waals surface area contributed by atoms with Crippen LogP contribution < -0.4 is 10.2 Å². The first-order chi connectivity index (χ1) is 9.65. The summed E-state index contributed by atoms with van der Waals surface area (Å²) < 4.78 is 6.63. The van der Waals surface area contributed by atoms with E-state index in [1.807, 2.05) is 7.11 Å². The molecule has 4 heteroatoms. The van der Waals surface area contributed by atoms with Gasteiger partial charge in [-0.1, -0.05) is 13.0 Å². The summed E-state index contributed by atoms with van der Waals surface area (Å²) in [6.07, 6.45) is 2.65. The number of nitrogens with one attached hydrogen (secondary N) is 1. The molecule has 0 saturated carbocycles. The molecular weight excluding hydrogens is 316 g/mol. The van der Waals surface area contributed by atoms with Gasteiger partial charge < -0.3 is 15.0 Å². The van der Waals surface area contributed by atoms with Crippen molar-refractivity contribution < 1.29 is 4.74 Å². The largest absolute Gasteiger partial charge is 0.381 e. The van der Waals surface area contributed by atoms with Gasteiger partial charge in [-0.3, -0.25) is 0 Å². The van der Waals surface area contributed by atoms with Crippen LogP contribution in [0.15, 0.2) is 22.7 Å². The van der Waals surface area contributed by atoms with Crippen molar-refractivity contribution in [1.82, 2.24) is 5.32 Å². The van der Waals surface area contributed by atoms with Gasteiger partial charge in [0.25, 0.3) is 0 Å². The van der Waals surface area contributed by atoms with E-state index in [1.54, 1.807) is 0 Å². The summed E-state index contributed by atoms with van der Waals surface area (Å²) in [6.45, 7) is 7.47.